The Labute approximate surface area is 142 Å². The molecule has 3 nitrogen and oxygen atoms in total. The smallest absolute Gasteiger partial charge is 0.261 e. The highest BCUT2D eigenvalue weighted by molar-refractivity contribution is 5.79. The third-order valence-corrected chi connectivity index (χ3v) is 5.03. The SMILES string of the molecule is O=c1c2ccccc2nc(-c2ccccc2)n1C1CCCCCC1. The summed E-state index contributed by atoms with van der Waals surface area (Å²) in [6, 6.07) is 18.1. The number of rotatable bonds is 2. The van der Waals surface area contributed by atoms with E-state index in [1.807, 2.05) is 59.2 Å². The van der Waals surface area contributed by atoms with Gasteiger partial charge in [0.25, 0.3) is 5.56 Å². The summed E-state index contributed by atoms with van der Waals surface area (Å²) in [5, 5.41) is 0.724. The quantitative estimate of drug-likeness (QED) is 0.626. The summed E-state index contributed by atoms with van der Waals surface area (Å²) in [6.07, 6.45) is 7.07. The first-order valence-corrected chi connectivity index (χ1v) is 8.91. The maximum Gasteiger partial charge on any atom is 0.261 e. The second-order valence-electron chi connectivity index (χ2n) is 6.64. The molecule has 1 heterocycles. The first-order valence-electron chi connectivity index (χ1n) is 8.91. The van der Waals surface area contributed by atoms with Crippen molar-refractivity contribution in [3.63, 3.8) is 0 Å². The van der Waals surface area contributed by atoms with Gasteiger partial charge in [0.15, 0.2) is 0 Å². The number of nitrogens with zero attached hydrogens (tertiary/aromatic N) is 2. The molecule has 0 saturated heterocycles. The Morgan fingerprint density at radius 2 is 1.50 bits per heavy atom. The molecule has 0 amide bonds. The number of benzene rings is 2. The fraction of sp³-hybridized carbons (Fsp3) is 0.333. The van der Waals surface area contributed by atoms with E-state index in [9.17, 15) is 4.79 Å². The predicted octanol–water partition coefficient (Wildman–Crippen LogP) is 4.96. The summed E-state index contributed by atoms with van der Waals surface area (Å²) in [7, 11) is 0. The van der Waals surface area contributed by atoms with Gasteiger partial charge < -0.3 is 0 Å². The summed E-state index contributed by atoms with van der Waals surface area (Å²) in [5.74, 6) is 0.811. The lowest BCUT2D eigenvalue weighted by Crippen LogP contribution is -2.27. The highest BCUT2D eigenvalue weighted by Crippen LogP contribution is 2.30. The third-order valence-electron chi connectivity index (χ3n) is 5.03. The van der Waals surface area contributed by atoms with Crippen LogP contribution in [-0.4, -0.2) is 9.55 Å². The molecule has 0 bridgehead atoms. The predicted molar refractivity (Wildman–Crippen MR) is 98.2 cm³/mol. The van der Waals surface area contributed by atoms with E-state index < -0.39 is 0 Å². The van der Waals surface area contributed by atoms with Crippen LogP contribution < -0.4 is 5.56 Å². The molecule has 0 spiro atoms. The van der Waals surface area contributed by atoms with Crippen molar-refractivity contribution in [2.24, 2.45) is 0 Å². The van der Waals surface area contributed by atoms with Crippen molar-refractivity contribution in [3.05, 3.63) is 65.0 Å². The topological polar surface area (TPSA) is 34.9 Å². The van der Waals surface area contributed by atoms with E-state index in [2.05, 4.69) is 0 Å². The molecule has 0 atom stereocenters. The van der Waals surface area contributed by atoms with Crippen molar-refractivity contribution >= 4 is 10.9 Å². The Morgan fingerprint density at radius 1 is 0.833 bits per heavy atom. The number of hydrogen-bond acceptors (Lipinski definition) is 2. The van der Waals surface area contributed by atoms with Crippen molar-refractivity contribution < 1.29 is 0 Å². The number of hydrogen-bond donors (Lipinski definition) is 0. The first kappa shape index (κ1) is 15.1. The van der Waals surface area contributed by atoms with E-state index in [1.165, 1.54) is 25.7 Å². The van der Waals surface area contributed by atoms with E-state index >= 15 is 0 Å². The van der Waals surface area contributed by atoms with Gasteiger partial charge in [0.2, 0.25) is 0 Å². The van der Waals surface area contributed by atoms with Crippen LogP contribution in [0, 0.1) is 0 Å². The van der Waals surface area contributed by atoms with Crippen LogP contribution in [-0.2, 0) is 0 Å². The van der Waals surface area contributed by atoms with Gasteiger partial charge in [-0.05, 0) is 25.0 Å². The van der Waals surface area contributed by atoms with E-state index in [4.69, 9.17) is 4.98 Å². The third kappa shape index (κ3) is 2.75. The Balaban J connectivity index is 1.98. The largest absolute Gasteiger partial charge is 0.289 e. The minimum atomic E-state index is 0.103. The Hall–Kier alpha value is -2.42. The van der Waals surface area contributed by atoms with Crippen LogP contribution in [0.25, 0.3) is 22.3 Å². The monoisotopic (exact) mass is 318 g/mol. The zero-order valence-corrected chi connectivity index (χ0v) is 13.8. The normalized spacial score (nSPS) is 16.2. The molecule has 0 radical (unpaired) electrons. The molecule has 1 saturated carbocycles. The highest BCUT2D eigenvalue weighted by Gasteiger charge is 2.21. The minimum absolute atomic E-state index is 0.103. The lowest BCUT2D eigenvalue weighted by atomic mass is 10.1. The fourth-order valence-electron chi connectivity index (χ4n) is 3.79. The Bertz CT molecular complexity index is 891. The van der Waals surface area contributed by atoms with Gasteiger partial charge in [0.1, 0.15) is 5.82 Å². The van der Waals surface area contributed by atoms with Crippen LogP contribution in [0.5, 0.6) is 0 Å². The summed E-state index contributed by atoms with van der Waals surface area (Å²) in [4.78, 5) is 18.1. The summed E-state index contributed by atoms with van der Waals surface area (Å²) in [5.41, 5.74) is 1.90. The molecule has 4 rings (SSSR count). The molecule has 1 aliphatic rings. The van der Waals surface area contributed by atoms with Crippen molar-refractivity contribution in [2.45, 2.75) is 44.6 Å². The molecule has 122 valence electrons. The molecule has 0 N–H and O–H groups in total. The van der Waals surface area contributed by atoms with Gasteiger partial charge in [-0.25, -0.2) is 4.98 Å². The molecule has 1 aromatic heterocycles. The van der Waals surface area contributed by atoms with Crippen molar-refractivity contribution in [1.82, 2.24) is 9.55 Å². The van der Waals surface area contributed by atoms with Crippen LogP contribution in [0.2, 0.25) is 0 Å². The van der Waals surface area contributed by atoms with Gasteiger partial charge in [0, 0.05) is 11.6 Å². The average molecular weight is 318 g/mol. The molecule has 3 heteroatoms. The van der Waals surface area contributed by atoms with E-state index in [0.717, 1.165) is 35.1 Å². The Kier molecular flexibility index (Phi) is 4.16. The summed E-state index contributed by atoms with van der Waals surface area (Å²) < 4.78 is 1.98. The van der Waals surface area contributed by atoms with Gasteiger partial charge >= 0.3 is 0 Å². The van der Waals surface area contributed by atoms with Gasteiger partial charge in [-0.15, -0.1) is 0 Å². The molecule has 1 fully saturated rings. The lowest BCUT2D eigenvalue weighted by Gasteiger charge is -2.22. The molecule has 24 heavy (non-hydrogen) atoms. The number of fused-ring (bicyclic) bond motifs is 1. The number of para-hydroxylation sites is 1. The van der Waals surface area contributed by atoms with E-state index in [-0.39, 0.29) is 11.6 Å². The molecule has 0 unspecified atom stereocenters. The average Bonchev–Trinajstić information content (AvgIpc) is 2.91. The molecule has 3 aromatic rings. The lowest BCUT2D eigenvalue weighted by molar-refractivity contribution is 0.434. The fourth-order valence-corrected chi connectivity index (χ4v) is 3.79. The van der Waals surface area contributed by atoms with Crippen LogP contribution >= 0.6 is 0 Å². The van der Waals surface area contributed by atoms with Crippen LogP contribution in [0.15, 0.2) is 59.4 Å². The Morgan fingerprint density at radius 3 is 2.25 bits per heavy atom. The molecule has 2 aromatic carbocycles. The van der Waals surface area contributed by atoms with Crippen molar-refractivity contribution in [2.75, 3.05) is 0 Å². The second kappa shape index (κ2) is 6.60. The summed E-state index contributed by atoms with van der Waals surface area (Å²) in [6.45, 7) is 0. The van der Waals surface area contributed by atoms with Crippen molar-refractivity contribution in [1.29, 1.82) is 0 Å². The second-order valence-corrected chi connectivity index (χ2v) is 6.64. The van der Waals surface area contributed by atoms with Crippen LogP contribution in [0.3, 0.4) is 0 Å². The molecule has 1 aliphatic carbocycles. The van der Waals surface area contributed by atoms with Crippen LogP contribution in [0.1, 0.15) is 44.6 Å². The van der Waals surface area contributed by atoms with Gasteiger partial charge in [-0.1, -0.05) is 68.1 Å². The molecular weight excluding hydrogens is 296 g/mol. The van der Waals surface area contributed by atoms with E-state index in [0.29, 0.717) is 0 Å². The summed E-state index contributed by atoms with van der Waals surface area (Å²) >= 11 is 0. The van der Waals surface area contributed by atoms with Gasteiger partial charge in [0.05, 0.1) is 10.9 Å². The van der Waals surface area contributed by atoms with Gasteiger partial charge in [-0.3, -0.25) is 9.36 Å². The highest BCUT2D eigenvalue weighted by atomic mass is 16.1. The zero-order valence-electron chi connectivity index (χ0n) is 13.8. The van der Waals surface area contributed by atoms with Gasteiger partial charge in [-0.2, -0.15) is 0 Å². The van der Waals surface area contributed by atoms with Crippen molar-refractivity contribution in [3.8, 4) is 11.4 Å². The first-order chi connectivity index (χ1) is 11.8. The molecule has 0 aliphatic heterocycles. The standard InChI is InChI=1S/C21H22N2O/c24-21-18-14-8-9-15-19(18)22-20(16-10-4-3-5-11-16)23(21)17-12-6-1-2-7-13-17/h3-5,8-11,14-15,17H,1-2,6-7,12-13H2. The minimum Gasteiger partial charge on any atom is -0.289 e. The maximum absolute atomic E-state index is 13.3. The van der Waals surface area contributed by atoms with Crippen LogP contribution in [0.4, 0.5) is 0 Å². The van der Waals surface area contributed by atoms with E-state index in [1.54, 1.807) is 0 Å². The number of aromatic nitrogens is 2. The zero-order chi connectivity index (χ0) is 16.4. The molecular formula is C21H22N2O. The maximum atomic E-state index is 13.3.